The molecule has 0 spiro atoms. The summed E-state index contributed by atoms with van der Waals surface area (Å²) in [6.45, 7) is 1.95. The number of nitrogens with two attached hydrogens (primary N) is 1. The van der Waals surface area contributed by atoms with Crippen LogP contribution >= 0.6 is 0 Å². The zero-order chi connectivity index (χ0) is 12.1. The highest BCUT2D eigenvalue weighted by atomic mass is 15.2. The maximum absolute atomic E-state index is 5.80. The van der Waals surface area contributed by atoms with Crippen LogP contribution in [0, 0.1) is 0 Å². The summed E-state index contributed by atoms with van der Waals surface area (Å²) in [5, 5.41) is 0. The Morgan fingerprint density at radius 3 is 2.47 bits per heavy atom. The van der Waals surface area contributed by atoms with Crippen molar-refractivity contribution in [2.24, 2.45) is 10.7 Å². The van der Waals surface area contributed by atoms with E-state index in [4.69, 9.17) is 5.73 Å². The molecule has 17 heavy (non-hydrogen) atoms. The van der Waals surface area contributed by atoms with E-state index in [1.165, 1.54) is 11.1 Å². The molecular weight excluding hydrogens is 210 g/mol. The van der Waals surface area contributed by atoms with Crippen molar-refractivity contribution in [2.45, 2.75) is 12.8 Å². The van der Waals surface area contributed by atoms with Gasteiger partial charge in [-0.25, -0.2) is 0 Å². The van der Waals surface area contributed by atoms with Gasteiger partial charge < -0.3 is 10.6 Å². The highest BCUT2D eigenvalue weighted by Crippen LogP contribution is 2.19. The van der Waals surface area contributed by atoms with Crippen LogP contribution in [0.2, 0.25) is 0 Å². The fraction of sp³-hybridized carbons (Fsp3) is 0.357. The number of piperidine rings is 1. The number of hydrogen-bond acceptors (Lipinski definition) is 1. The number of likely N-dealkylation sites (tertiary alicyclic amines) is 1. The van der Waals surface area contributed by atoms with Crippen LogP contribution in [-0.2, 0) is 0 Å². The monoisotopic (exact) mass is 229 g/mol. The highest BCUT2D eigenvalue weighted by Gasteiger charge is 2.14. The summed E-state index contributed by atoms with van der Waals surface area (Å²) in [6, 6.07) is 10.5. The first-order valence-electron chi connectivity index (χ1n) is 6.01. The van der Waals surface area contributed by atoms with E-state index >= 15 is 0 Å². The Kier molecular flexibility index (Phi) is 3.81. The second-order valence-corrected chi connectivity index (χ2v) is 4.28. The molecule has 0 saturated carbocycles. The molecule has 1 saturated heterocycles. The number of hydrogen-bond donors (Lipinski definition) is 1. The van der Waals surface area contributed by atoms with Gasteiger partial charge in [-0.15, -0.1) is 0 Å². The van der Waals surface area contributed by atoms with Gasteiger partial charge in [-0.05, 0) is 18.4 Å². The normalized spacial score (nSPS) is 17.1. The third-order valence-electron chi connectivity index (χ3n) is 3.13. The van der Waals surface area contributed by atoms with E-state index in [1.807, 2.05) is 6.07 Å². The van der Waals surface area contributed by atoms with Crippen LogP contribution in [0.25, 0.3) is 6.08 Å². The molecule has 1 fully saturated rings. The fourth-order valence-electron chi connectivity index (χ4n) is 2.09. The molecule has 1 aliphatic heterocycles. The van der Waals surface area contributed by atoms with Crippen molar-refractivity contribution in [1.82, 2.24) is 4.90 Å². The van der Waals surface area contributed by atoms with Gasteiger partial charge in [0, 0.05) is 20.1 Å². The predicted molar refractivity (Wildman–Crippen MR) is 72.8 cm³/mol. The molecule has 2 N–H and O–H groups in total. The Morgan fingerprint density at radius 1 is 1.24 bits per heavy atom. The lowest BCUT2D eigenvalue weighted by atomic mass is 10.0. The number of benzene rings is 1. The number of aliphatic imine (C=N–C) groups is 1. The number of guanidine groups is 1. The van der Waals surface area contributed by atoms with Gasteiger partial charge in [-0.1, -0.05) is 42.0 Å². The molecule has 3 heteroatoms. The van der Waals surface area contributed by atoms with Crippen molar-refractivity contribution in [1.29, 1.82) is 0 Å². The molecule has 0 amide bonds. The summed E-state index contributed by atoms with van der Waals surface area (Å²) in [6.07, 6.45) is 4.44. The van der Waals surface area contributed by atoms with Crippen LogP contribution in [-0.4, -0.2) is 31.0 Å². The number of rotatable bonds is 1. The van der Waals surface area contributed by atoms with Crippen molar-refractivity contribution in [3.8, 4) is 0 Å². The molecule has 0 atom stereocenters. The lowest BCUT2D eigenvalue weighted by molar-refractivity contribution is 0.385. The van der Waals surface area contributed by atoms with Gasteiger partial charge in [0.15, 0.2) is 5.96 Å². The summed E-state index contributed by atoms with van der Waals surface area (Å²) in [4.78, 5) is 6.16. The van der Waals surface area contributed by atoms with Crippen molar-refractivity contribution in [3.05, 3.63) is 41.5 Å². The molecule has 0 aliphatic carbocycles. The average Bonchev–Trinajstić information content (AvgIpc) is 2.40. The van der Waals surface area contributed by atoms with Gasteiger partial charge in [0.2, 0.25) is 0 Å². The molecule has 0 bridgehead atoms. The third kappa shape index (κ3) is 3.09. The average molecular weight is 229 g/mol. The lowest BCUT2D eigenvalue weighted by Crippen LogP contribution is -2.41. The Bertz CT molecular complexity index is 410. The first-order valence-corrected chi connectivity index (χ1v) is 6.01. The highest BCUT2D eigenvalue weighted by molar-refractivity contribution is 5.78. The molecule has 3 nitrogen and oxygen atoms in total. The van der Waals surface area contributed by atoms with E-state index in [0.717, 1.165) is 25.9 Å². The second-order valence-electron chi connectivity index (χ2n) is 4.28. The summed E-state index contributed by atoms with van der Waals surface area (Å²) in [7, 11) is 1.74. The van der Waals surface area contributed by atoms with Gasteiger partial charge in [-0.2, -0.15) is 0 Å². The topological polar surface area (TPSA) is 41.6 Å². The van der Waals surface area contributed by atoms with Gasteiger partial charge in [0.05, 0.1) is 0 Å². The molecule has 1 aromatic rings. The Balaban J connectivity index is 1.98. The van der Waals surface area contributed by atoms with Gasteiger partial charge in [0.25, 0.3) is 0 Å². The Hall–Kier alpha value is -1.77. The van der Waals surface area contributed by atoms with E-state index in [1.54, 1.807) is 7.05 Å². The summed E-state index contributed by atoms with van der Waals surface area (Å²) >= 11 is 0. The molecule has 90 valence electrons. The van der Waals surface area contributed by atoms with Crippen LogP contribution in [0.4, 0.5) is 0 Å². The maximum atomic E-state index is 5.80. The van der Waals surface area contributed by atoms with E-state index in [0.29, 0.717) is 5.96 Å². The summed E-state index contributed by atoms with van der Waals surface area (Å²) < 4.78 is 0. The van der Waals surface area contributed by atoms with Crippen LogP contribution in [0.15, 0.2) is 40.9 Å². The molecule has 0 radical (unpaired) electrons. The first-order chi connectivity index (χ1) is 8.29. The fourth-order valence-corrected chi connectivity index (χ4v) is 2.09. The van der Waals surface area contributed by atoms with E-state index in [9.17, 15) is 0 Å². The maximum Gasteiger partial charge on any atom is 0.190 e. The molecule has 2 rings (SSSR count). The van der Waals surface area contributed by atoms with Crippen LogP contribution in [0.5, 0.6) is 0 Å². The molecule has 0 aromatic heterocycles. The van der Waals surface area contributed by atoms with E-state index < -0.39 is 0 Å². The SMILES string of the molecule is CN=C(N)N1CCC(=Cc2ccccc2)CC1. The van der Waals surface area contributed by atoms with Crippen molar-refractivity contribution in [2.75, 3.05) is 20.1 Å². The van der Waals surface area contributed by atoms with Gasteiger partial charge >= 0.3 is 0 Å². The lowest BCUT2D eigenvalue weighted by Gasteiger charge is -2.29. The quantitative estimate of drug-likeness (QED) is 0.592. The predicted octanol–water partition coefficient (Wildman–Crippen LogP) is 2.11. The zero-order valence-electron chi connectivity index (χ0n) is 10.3. The standard InChI is InChI=1S/C14H19N3/c1-16-14(15)17-9-7-13(8-10-17)11-12-5-3-2-4-6-12/h2-6,11H,7-10H2,1H3,(H2,15,16). The van der Waals surface area contributed by atoms with Crippen LogP contribution in [0.1, 0.15) is 18.4 Å². The molecule has 1 aromatic carbocycles. The largest absolute Gasteiger partial charge is 0.370 e. The Labute approximate surface area is 103 Å². The molecule has 1 aliphatic rings. The smallest absolute Gasteiger partial charge is 0.190 e. The van der Waals surface area contributed by atoms with Crippen LogP contribution < -0.4 is 5.73 Å². The minimum Gasteiger partial charge on any atom is -0.370 e. The number of nitrogens with zero attached hydrogens (tertiary/aromatic N) is 2. The minimum atomic E-state index is 0.656. The van der Waals surface area contributed by atoms with Gasteiger partial charge in [0.1, 0.15) is 0 Å². The Morgan fingerprint density at radius 2 is 1.88 bits per heavy atom. The van der Waals surface area contributed by atoms with E-state index in [2.05, 4.69) is 40.2 Å². The third-order valence-corrected chi connectivity index (χ3v) is 3.13. The van der Waals surface area contributed by atoms with E-state index in [-0.39, 0.29) is 0 Å². The molecule has 1 heterocycles. The first kappa shape index (κ1) is 11.7. The molecule has 0 unspecified atom stereocenters. The van der Waals surface area contributed by atoms with Crippen LogP contribution in [0.3, 0.4) is 0 Å². The summed E-state index contributed by atoms with van der Waals surface area (Å²) in [5.74, 6) is 0.656. The van der Waals surface area contributed by atoms with Crippen molar-refractivity contribution in [3.63, 3.8) is 0 Å². The minimum absolute atomic E-state index is 0.656. The zero-order valence-corrected chi connectivity index (χ0v) is 10.3. The summed E-state index contributed by atoms with van der Waals surface area (Å²) in [5.41, 5.74) is 8.58. The van der Waals surface area contributed by atoms with Gasteiger partial charge in [-0.3, -0.25) is 4.99 Å². The molecular formula is C14H19N3. The van der Waals surface area contributed by atoms with Crippen molar-refractivity contribution >= 4 is 12.0 Å². The second kappa shape index (κ2) is 5.53. The van der Waals surface area contributed by atoms with Crippen molar-refractivity contribution < 1.29 is 0 Å².